The molecule has 5 nitrogen and oxygen atoms in total. The Hall–Kier alpha value is -2.47. The Balaban J connectivity index is 1.96. The summed E-state index contributed by atoms with van der Waals surface area (Å²) in [6.45, 7) is 35.3. The largest absolute Gasteiger partial charge is 0.493 e. The number of aromatic nitrogens is 4. The number of hydrogen-bond donors (Lipinski definition) is 0. The zero-order valence-corrected chi connectivity index (χ0v) is 28.1. The summed E-state index contributed by atoms with van der Waals surface area (Å²) in [6, 6.07) is 5.03. The molecule has 0 N–H and O–H groups in total. The van der Waals surface area contributed by atoms with Crippen LogP contribution in [0.3, 0.4) is 0 Å². The van der Waals surface area contributed by atoms with Crippen molar-refractivity contribution in [2.24, 2.45) is 11.3 Å². The van der Waals surface area contributed by atoms with Gasteiger partial charge < -0.3 is 4.43 Å². The fourth-order valence-corrected chi connectivity index (χ4v) is 11.2. The van der Waals surface area contributed by atoms with Gasteiger partial charge in [0.25, 0.3) is 5.82 Å². The molecule has 0 radical (unpaired) electrons. The van der Waals surface area contributed by atoms with Gasteiger partial charge in [0, 0.05) is 29.3 Å². The normalized spacial score (nSPS) is 28.7. The third-order valence-electron chi connectivity index (χ3n) is 12.1. The van der Waals surface area contributed by atoms with Crippen molar-refractivity contribution in [1.82, 2.24) is 14.5 Å². The van der Waals surface area contributed by atoms with E-state index in [0.717, 1.165) is 41.6 Å². The lowest BCUT2D eigenvalue weighted by molar-refractivity contribution is -0.518. The number of nitrogens with zero attached hydrogens (tertiary/aromatic N) is 4. The second-order valence-corrected chi connectivity index (χ2v) is 19.2. The predicted octanol–water partition coefficient (Wildman–Crippen LogP) is 8.01. The first-order valence-corrected chi connectivity index (χ1v) is 18.1. The molecule has 0 saturated heterocycles. The van der Waals surface area contributed by atoms with Gasteiger partial charge in [0.1, 0.15) is 11.4 Å². The highest BCUT2D eigenvalue weighted by molar-refractivity contribution is 6.64. The van der Waals surface area contributed by atoms with Crippen LogP contribution in [0.4, 0.5) is 0 Å². The molecule has 214 valence electrons. The molecule has 0 fully saturated rings. The molecule has 4 heterocycles. The first-order chi connectivity index (χ1) is 18.3. The maximum absolute atomic E-state index is 7.06. The molecule has 2 aromatic heterocycles. The standard InChI is InChI=1S/C34H49N4OSi/c1-15-24-33(11,16-2)26-25-27(36-29(35-26)30(4,5)6)39-40(13,14)38-23-18-20-21(19-22(23)37(17-3)28(25)38)34(24,12)32(9,10)31(20,7)8/h17-19,24H,3,15-16H2,1-2,4-14H3/q+1. The highest BCUT2D eigenvalue weighted by Crippen LogP contribution is 2.68. The molecule has 3 aromatic rings. The summed E-state index contributed by atoms with van der Waals surface area (Å²) >= 11 is 0. The Labute approximate surface area is 242 Å². The lowest BCUT2D eigenvalue weighted by atomic mass is 9.48. The van der Waals surface area contributed by atoms with Crippen LogP contribution in [-0.4, -0.2) is 23.0 Å². The van der Waals surface area contributed by atoms with Crippen LogP contribution in [0.2, 0.25) is 13.1 Å². The van der Waals surface area contributed by atoms with Crippen LogP contribution in [0.5, 0.6) is 5.88 Å². The number of benzene rings is 1. The van der Waals surface area contributed by atoms with Crippen molar-refractivity contribution in [3.63, 3.8) is 0 Å². The zero-order chi connectivity index (χ0) is 29.6. The number of imidazole rings is 1. The van der Waals surface area contributed by atoms with Crippen LogP contribution in [0.15, 0.2) is 18.7 Å². The molecule has 0 saturated carbocycles. The minimum atomic E-state index is -2.48. The van der Waals surface area contributed by atoms with Crippen LogP contribution in [0.1, 0.15) is 112 Å². The number of hydrogen-bond acceptors (Lipinski definition) is 3. The van der Waals surface area contributed by atoms with Crippen LogP contribution >= 0.6 is 0 Å². The van der Waals surface area contributed by atoms with Crippen LogP contribution in [-0.2, 0) is 21.7 Å². The second-order valence-electron chi connectivity index (χ2n) is 15.7. The van der Waals surface area contributed by atoms with E-state index in [9.17, 15) is 0 Å². The molecule has 3 bridgehead atoms. The number of fused-ring (bicyclic) bond motifs is 1. The Morgan fingerprint density at radius 1 is 1.05 bits per heavy atom. The van der Waals surface area contributed by atoms with Gasteiger partial charge in [0.05, 0.1) is 11.9 Å². The van der Waals surface area contributed by atoms with Crippen LogP contribution in [0, 0.1) is 11.3 Å². The Morgan fingerprint density at radius 3 is 2.25 bits per heavy atom. The highest BCUT2D eigenvalue weighted by Gasteiger charge is 2.66. The average Bonchev–Trinajstić information content (AvgIpc) is 3.24. The van der Waals surface area contributed by atoms with E-state index in [1.807, 2.05) is 6.20 Å². The molecule has 1 aliphatic carbocycles. The van der Waals surface area contributed by atoms with Gasteiger partial charge in [-0.15, -0.1) is 0 Å². The van der Waals surface area contributed by atoms with E-state index < -0.39 is 8.48 Å². The fourth-order valence-electron chi connectivity index (χ4n) is 8.96. The van der Waals surface area contributed by atoms with Crippen molar-refractivity contribution in [2.75, 3.05) is 0 Å². The fraction of sp³-hybridized carbons (Fsp3) is 0.618. The molecular weight excluding hydrogens is 508 g/mol. The molecular formula is C34H49N4OSi+. The van der Waals surface area contributed by atoms with E-state index in [1.165, 1.54) is 22.2 Å². The molecule has 0 spiro atoms. The van der Waals surface area contributed by atoms with Gasteiger partial charge in [-0.05, 0) is 46.4 Å². The van der Waals surface area contributed by atoms with Crippen molar-refractivity contribution in [3.05, 3.63) is 41.4 Å². The van der Waals surface area contributed by atoms with Gasteiger partial charge in [-0.2, -0.15) is 9.55 Å². The highest BCUT2D eigenvalue weighted by atomic mass is 28.4. The van der Waals surface area contributed by atoms with Gasteiger partial charge >= 0.3 is 8.48 Å². The summed E-state index contributed by atoms with van der Waals surface area (Å²) in [5, 5.41) is 0. The van der Waals surface area contributed by atoms with Gasteiger partial charge in [-0.25, -0.2) is 9.22 Å². The molecule has 6 heteroatoms. The Bertz CT molecular complexity index is 1620. The van der Waals surface area contributed by atoms with E-state index in [4.69, 9.17) is 14.4 Å². The average molecular weight is 558 g/mol. The predicted molar refractivity (Wildman–Crippen MR) is 167 cm³/mol. The monoisotopic (exact) mass is 557 g/mol. The van der Waals surface area contributed by atoms with Gasteiger partial charge in [0.15, 0.2) is 11.0 Å². The Morgan fingerprint density at radius 2 is 1.70 bits per heavy atom. The van der Waals surface area contributed by atoms with Gasteiger partial charge in [0.2, 0.25) is 5.88 Å². The molecule has 3 unspecified atom stereocenters. The molecule has 40 heavy (non-hydrogen) atoms. The number of rotatable bonds is 3. The topological polar surface area (TPSA) is 43.8 Å². The summed E-state index contributed by atoms with van der Waals surface area (Å²) in [5.41, 5.74) is 7.08. The quantitative estimate of drug-likeness (QED) is 0.306. The molecule has 0 amide bonds. The lowest BCUT2D eigenvalue weighted by Gasteiger charge is -2.55. The van der Waals surface area contributed by atoms with E-state index in [1.54, 1.807) is 0 Å². The van der Waals surface area contributed by atoms with Gasteiger partial charge in [-0.3, -0.25) is 0 Å². The molecule has 1 aromatic carbocycles. The van der Waals surface area contributed by atoms with Crippen molar-refractivity contribution >= 4 is 25.7 Å². The first-order valence-electron chi connectivity index (χ1n) is 15.2. The zero-order valence-electron chi connectivity index (χ0n) is 27.1. The maximum Gasteiger partial charge on any atom is 0.468 e. The van der Waals surface area contributed by atoms with Crippen molar-refractivity contribution in [1.29, 1.82) is 0 Å². The lowest BCUT2D eigenvalue weighted by Crippen LogP contribution is -2.67. The molecule has 3 aliphatic rings. The second kappa shape index (κ2) is 7.67. The molecule has 3 atom stereocenters. The smallest absolute Gasteiger partial charge is 0.468 e. The Kier molecular flexibility index (Phi) is 5.31. The van der Waals surface area contributed by atoms with E-state index in [-0.39, 0.29) is 27.1 Å². The molecule has 2 aliphatic heterocycles. The maximum atomic E-state index is 7.06. The minimum Gasteiger partial charge on any atom is -0.493 e. The van der Waals surface area contributed by atoms with E-state index in [2.05, 4.69) is 117 Å². The summed E-state index contributed by atoms with van der Waals surface area (Å²) in [4.78, 5) is 10.8. The SMILES string of the molecule is C=Cn1c2[n+]3c4cc5c(cc41)C(C)(C(CC)C(C)(CC)c1nc(C(C)(C)C)nc(c1-2)O[Si]3(C)C)C(C)(C)C5(C)C. The minimum absolute atomic E-state index is 0.000550. The van der Waals surface area contributed by atoms with E-state index >= 15 is 0 Å². The summed E-state index contributed by atoms with van der Waals surface area (Å²) < 4.78 is 11.9. The molecule has 6 rings (SSSR count). The van der Waals surface area contributed by atoms with Gasteiger partial charge in [-0.1, -0.05) is 89.2 Å². The third-order valence-corrected chi connectivity index (χ3v) is 14.4. The van der Waals surface area contributed by atoms with Crippen molar-refractivity contribution < 1.29 is 8.66 Å². The summed E-state index contributed by atoms with van der Waals surface area (Å²) in [6.07, 6.45) is 4.03. The van der Waals surface area contributed by atoms with Crippen molar-refractivity contribution in [3.8, 4) is 17.3 Å². The van der Waals surface area contributed by atoms with Crippen LogP contribution in [0.25, 0.3) is 28.6 Å². The van der Waals surface area contributed by atoms with Crippen LogP contribution < -0.4 is 8.66 Å². The van der Waals surface area contributed by atoms with Crippen molar-refractivity contribution in [2.45, 2.75) is 124 Å². The summed E-state index contributed by atoms with van der Waals surface area (Å²) in [7, 11) is -2.48. The van der Waals surface area contributed by atoms with E-state index in [0.29, 0.717) is 5.92 Å². The third kappa shape index (κ3) is 2.87. The summed E-state index contributed by atoms with van der Waals surface area (Å²) in [5.74, 6) is 3.11. The first kappa shape index (κ1) is 27.7.